The maximum Gasteiger partial charge on any atom is 0.305 e. The smallest absolute Gasteiger partial charge is 0.305 e. The molecular weight excluding hydrogens is 236 g/mol. The molecule has 0 saturated carbocycles. The Kier molecular flexibility index (Phi) is 5.65. The van der Waals surface area contributed by atoms with Gasteiger partial charge in [0.25, 0.3) is 0 Å². The van der Waals surface area contributed by atoms with Gasteiger partial charge in [-0.2, -0.15) is 0 Å². The fourth-order valence-corrected chi connectivity index (χ4v) is 2.79. The average Bonchev–Trinajstić information content (AvgIpc) is 2.58. The minimum atomic E-state index is -0.464. The molecule has 0 spiro atoms. The summed E-state index contributed by atoms with van der Waals surface area (Å²) in [7, 11) is 0. The standard InChI is InChI=1S/C13H20O3S/c1-4-16-13(15)7-5-6-12(14)11-8-9(2)17-10(11)3/h8,12,14H,4-7H2,1-3H3. The summed E-state index contributed by atoms with van der Waals surface area (Å²) in [5.74, 6) is -0.182. The number of ether oxygens (including phenoxy) is 1. The van der Waals surface area contributed by atoms with Crippen LogP contribution in [-0.2, 0) is 9.53 Å². The van der Waals surface area contributed by atoms with E-state index in [9.17, 15) is 9.90 Å². The maximum absolute atomic E-state index is 11.1. The van der Waals surface area contributed by atoms with Gasteiger partial charge in [0.1, 0.15) is 0 Å². The fraction of sp³-hybridized carbons (Fsp3) is 0.615. The maximum atomic E-state index is 11.1. The topological polar surface area (TPSA) is 46.5 Å². The van der Waals surface area contributed by atoms with Crippen molar-refractivity contribution in [2.24, 2.45) is 0 Å². The number of aryl methyl sites for hydroxylation is 2. The van der Waals surface area contributed by atoms with E-state index >= 15 is 0 Å². The molecule has 1 aromatic heterocycles. The highest BCUT2D eigenvalue weighted by molar-refractivity contribution is 7.12. The number of aliphatic hydroxyl groups excluding tert-OH is 1. The molecule has 1 aromatic rings. The summed E-state index contributed by atoms with van der Waals surface area (Å²) in [6.45, 7) is 6.27. The van der Waals surface area contributed by atoms with Crippen LogP contribution in [0.3, 0.4) is 0 Å². The second-order valence-electron chi connectivity index (χ2n) is 4.08. The summed E-state index contributed by atoms with van der Waals surface area (Å²) in [6.07, 6.45) is 1.19. The Morgan fingerprint density at radius 3 is 2.76 bits per heavy atom. The lowest BCUT2D eigenvalue weighted by Crippen LogP contribution is -2.05. The molecule has 1 heterocycles. The fourth-order valence-electron chi connectivity index (χ4n) is 1.81. The number of rotatable bonds is 6. The van der Waals surface area contributed by atoms with E-state index in [0.29, 0.717) is 25.9 Å². The quantitative estimate of drug-likeness (QED) is 0.795. The van der Waals surface area contributed by atoms with Gasteiger partial charge in [0, 0.05) is 16.2 Å². The summed E-state index contributed by atoms with van der Waals surface area (Å²) in [5, 5.41) is 10.0. The summed E-state index contributed by atoms with van der Waals surface area (Å²) in [5.41, 5.74) is 0.997. The highest BCUT2D eigenvalue weighted by Crippen LogP contribution is 2.29. The highest BCUT2D eigenvalue weighted by Gasteiger charge is 2.13. The van der Waals surface area contributed by atoms with Crippen LogP contribution in [-0.4, -0.2) is 17.7 Å². The van der Waals surface area contributed by atoms with Crippen molar-refractivity contribution in [3.05, 3.63) is 21.4 Å². The minimum absolute atomic E-state index is 0.182. The molecule has 0 aliphatic carbocycles. The first-order valence-corrected chi connectivity index (χ1v) is 6.76. The molecule has 0 saturated heterocycles. The van der Waals surface area contributed by atoms with E-state index in [1.165, 1.54) is 4.88 Å². The molecular formula is C13H20O3S. The van der Waals surface area contributed by atoms with Gasteiger partial charge in [-0.1, -0.05) is 0 Å². The summed E-state index contributed by atoms with van der Waals surface area (Å²) < 4.78 is 4.84. The van der Waals surface area contributed by atoms with Gasteiger partial charge in [0.2, 0.25) is 0 Å². The van der Waals surface area contributed by atoms with Gasteiger partial charge in [-0.25, -0.2) is 0 Å². The SMILES string of the molecule is CCOC(=O)CCCC(O)c1cc(C)sc1C. The lowest BCUT2D eigenvalue weighted by Gasteiger charge is -2.09. The number of aliphatic hydroxyl groups is 1. The van der Waals surface area contributed by atoms with Gasteiger partial charge in [-0.3, -0.25) is 4.79 Å². The molecule has 0 aliphatic heterocycles. The van der Waals surface area contributed by atoms with E-state index in [2.05, 4.69) is 0 Å². The molecule has 0 amide bonds. The monoisotopic (exact) mass is 256 g/mol. The van der Waals surface area contributed by atoms with E-state index in [0.717, 1.165) is 10.4 Å². The zero-order chi connectivity index (χ0) is 12.8. The van der Waals surface area contributed by atoms with E-state index in [-0.39, 0.29) is 5.97 Å². The van der Waals surface area contributed by atoms with Crippen LogP contribution in [0.1, 0.15) is 47.6 Å². The average molecular weight is 256 g/mol. The third-order valence-electron chi connectivity index (χ3n) is 2.60. The third kappa shape index (κ3) is 4.48. The minimum Gasteiger partial charge on any atom is -0.466 e. The lowest BCUT2D eigenvalue weighted by atomic mass is 10.0. The van der Waals surface area contributed by atoms with Gasteiger partial charge in [-0.05, 0) is 45.2 Å². The van der Waals surface area contributed by atoms with Crippen molar-refractivity contribution in [2.45, 2.75) is 46.1 Å². The van der Waals surface area contributed by atoms with E-state index in [4.69, 9.17) is 4.74 Å². The molecule has 96 valence electrons. The van der Waals surface area contributed by atoms with Gasteiger partial charge in [0.05, 0.1) is 12.7 Å². The van der Waals surface area contributed by atoms with E-state index < -0.39 is 6.10 Å². The van der Waals surface area contributed by atoms with Crippen LogP contribution < -0.4 is 0 Å². The van der Waals surface area contributed by atoms with Crippen molar-refractivity contribution in [3.63, 3.8) is 0 Å². The number of hydrogen-bond donors (Lipinski definition) is 1. The van der Waals surface area contributed by atoms with Crippen LogP contribution in [0.25, 0.3) is 0 Å². The van der Waals surface area contributed by atoms with Crippen LogP contribution in [0.5, 0.6) is 0 Å². The summed E-state index contributed by atoms with van der Waals surface area (Å²) in [6, 6.07) is 2.02. The Hall–Kier alpha value is -0.870. The molecule has 0 fully saturated rings. The molecule has 1 N–H and O–H groups in total. The van der Waals surface area contributed by atoms with Crippen molar-refractivity contribution in [1.29, 1.82) is 0 Å². The van der Waals surface area contributed by atoms with Crippen LogP contribution in [0, 0.1) is 13.8 Å². The number of carbonyl (C=O) groups excluding carboxylic acids is 1. The molecule has 4 heteroatoms. The van der Waals surface area contributed by atoms with Gasteiger partial charge >= 0.3 is 5.97 Å². The number of hydrogen-bond acceptors (Lipinski definition) is 4. The predicted octanol–water partition coefficient (Wildman–Crippen LogP) is 3.13. The molecule has 0 aromatic carbocycles. The molecule has 17 heavy (non-hydrogen) atoms. The first kappa shape index (κ1) is 14.2. The molecule has 1 unspecified atom stereocenters. The van der Waals surface area contributed by atoms with Gasteiger partial charge in [0.15, 0.2) is 0 Å². The first-order chi connectivity index (χ1) is 8.04. The van der Waals surface area contributed by atoms with Crippen LogP contribution in [0.15, 0.2) is 6.07 Å². The second kappa shape index (κ2) is 6.77. The Labute approximate surface area is 106 Å². The highest BCUT2D eigenvalue weighted by atomic mass is 32.1. The molecule has 3 nitrogen and oxygen atoms in total. The Morgan fingerprint density at radius 2 is 2.24 bits per heavy atom. The van der Waals surface area contributed by atoms with Gasteiger partial charge in [-0.15, -0.1) is 11.3 Å². The normalized spacial score (nSPS) is 12.5. The lowest BCUT2D eigenvalue weighted by molar-refractivity contribution is -0.143. The summed E-state index contributed by atoms with van der Waals surface area (Å²) >= 11 is 1.69. The van der Waals surface area contributed by atoms with Crippen molar-refractivity contribution in [2.75, 3.05) is 6.61 Å². The third-order valence-corrected chi connectivity index (χ3v) is 3.58. The Morgan fingerprint density at radius 1 is 1.53 bits per heavy atom. The van der Waals surface area contributed by atoms with Crippen LogP contribution >= 0.6 is 11.3 Å². The molecule has 0 bridgehead atoms. The van der Waals surface area contributed by atoms with Gasteiger partial charge < -0.3 is 9.84 Å². The molecule has 1 rings (SSSR count). The zero-order valence-corrected chi connectivity index (χ0v) is 11.5. The number of esters is 1. The zero-order valence-electron chi connectivity index (χ0n) is 10.7. The number of carbonyl (C=O) groups is 1. The Bertz CT molecular complexity index is 371. The molecule has 1 atom stereocenters. The molecule has 0 radical (unpaired) electrons. The van der Waals surface area contributed by atoms with Crippen molar-refractivity contribution < 1.29 is 14.6 Å². The first-order valence-electron chi connectivity index (χ1n) is 5.95. The van der Waals surface area contributed by atoms with E-state index in [1.54, 1.807) is 18.3 Å². The predicted molar refractivity (Wildman–Crippen MR) is 69.2 cm³/mol. The van der Waals surface area contributed by atoms with Crippen molar-refractivity contribution in [3.8, 4) is 0 Å². The van der Waals surface area contributed by atoms with Crippen LogP contribution in [0.4, 0.5) is 0 Å². The summed E-state index contributed by atoms with van der Waals surface area (Å²) in [4.78, 5) is 13.5. The number of thiophene rings is 1. The molecule has 0 aliphatic rings. The van der Waals surface area contributed by atoms with Crippen LogP contribution in [0.2, 0.25) is 0 Å². The second-order valence-corrected chi connectivity index (χ2v) is 5.54. The van der Waals surface area contributed by atoms with Crippen molar-refractivity contribution in [1.82, 2.24) is 0 Å². The van der Waals surface area contributed by atoms with Crippen molar-refractivity contribution >= 4 is 17.3 Å². The largest absolute Gasteiger partial charge is 0.466 e. The van der Waals surface area contributed by atoms with E-state index in [1.807, 2.05) is 19.9 Å². The Balaban J connectivity index is 2.37.